The number of rotatable bonds is 4. The maximum atomic E-state index is 11.8. The Labute approximate surface area is 137 Å². The summed E-state index contributed by atoms with van der Waals surface area (Å²) >= 11 is 11.4. The fourth-order valence-corrected chi connectivity index (χ4v) is 1.74. The van der Waals surface area contributed by atoms with Gasteiger partial charge in [0.2, 0.25) is 0 Å². The Morgan fingerprint density at radius 1 is 1.17 bits per heavy atom. The number of benzene rings is 1. The van der Waals surface area contributed by atoms with Crippen molar-refractivity contribution in [3.05, 3.63) is 33.8 Å². The van der Waals surface area contributed by atoms with E-state index >= 15 is 0 Å². The van der Waals surface area contributed by atoms with Crippen molar-refractivity contribution in [3.8, 4) is 0 Å². The van der Waals surface area contributed by atoms with Gasteiger partial charge in [-0.25, -0.2) is 9.59 Å². The van der Waals surface area contributed by atoms with Crippen LogP contribution >= 0.6 is 23.2 Å². The molecule has 3 amide bonds. The topological polar surface area (TPSA) is 84.5 Å². The average molecular weight is 373 g/mol. The van der Waals surface area contributed by atoms with Crippen LogP contribution in [0.4, 0.5) is 18.0 Å². The van der Waals surface area contributed by atoms with E-state index in [1.807, 2.05) is 0 Å². The van der Waals surface area contributed by atoms with E-state index in [0.29, 0.717) is 0 Å². The Morgan fingerprint density at radius 2 is 1.83 bits per heavy atom. The van der Waals surface area contributed by atoms with Crippen LogP contribution < -0.4 is 10.6 Å². The first kappa shape index (κ1) is 19.0. The molecule has 0 saturated heterocycles. The minimum Gasteiger partial charge on any atom is -0.452 e. The van der Waals surface area contributed by atoms with E-state index in [9.17, 15) is 27.6 Å². The Kier molecular flexibility index (Phi) is 6.64. The Balaban J connectivity index is 2.43. The fourth-order valence-electron chi connectivity index (χ4n) is 1.25. The van der Waals surface area contributed by atoms with Gasteiger partial charge in [-0.05, 0) is 18.2 Å². The molecule has 1 rings (SSSR count). The second-order valence-corrected chi connectivity index (χ2v) is 4.89. The van der Waals surface area contributed by atoms with Gasteiger partial charge in [-0.3, -0.25) is 10.1 Å². The normalized spacial score (nSPS) is 10.8. The number of carbonyl (C=O) groups is 3. The third-order valence-corrected chi connectivity index (χ3v) is 2.74. The van der Waals surface area contributed by atoms with Gasteiger partial charge in [0.25, 0.3) is 5.91 Å². The summed E-state index contributed by atoms with van der Waals surface area (Å²) in [5, 5.41) is 3.25. The van der Waals surface area contributed by atoms with Crippen LogP contribution in [0.15, 0.2) is 18.2 Å². The number of halogens is 5. The molecule has 11 heteroatoms. The van der Waals surface area contributed by atoms with E-state index < -0.39 is 37.2 Å². The number of nitrogens with one attached hydrogen (secondary N) is 2. The lowest BCUT2D eigenvalue weighted by molar-refractivity contribution is -0.125. The third-order valence-electron chi connectivity index (χ3n) is 2.19. The van der Waals surface area contributed by atoms with Gasteiger partial charge in [0.05, 0.1) is 10.6 Å². The molecule has 0 unspecified atom stereocenters. The average Bonchev–Trinajstić information content (AvgIpc) is 2.42. The molecule has 6 nitrogen and oxygen atoms in total. The molecular weight excluding hydrogens is 364 g/mol. The van der Waals surface area contributed by atoms with Gasteiger partial charge >= 0.3 is 18.2 Å². The standard InChI is InChI=1S/C12H9Cl2F3N2O4/c13-6-1-2-7(8(14)3-6)10(21)23-4-9(20)19-11(22)18-5-12(15,16)17/h1-3H,4-5H2,(H2,18,19,20,22). The van der Waals surface area contributed by atoms with Crippen LogP contribution in [-0.2, 0) is 9.53 Å². The second-order valence-electron chi connectivity index (χ2n) is 4.05. The SMILES string of the molecule is O=C(COC(=O)c1ccc(Cl)cc1Cl)NC(=O)NCC(F)(F)F. The minimum absolute atomic E-state index is 0.00849. The van der Waals surface area contributed by atoms with Crippen LogP contribution in [0.1, 0.15) is 10.4 Å². The van der Waals surface area contributed by atoms with Crippen molar-refractivity contribution in [2.45, 2.75) is 6.18 Å². The molecule has 0 radical (unpaired) electrons. The number of hydrogen-bond donors (Lipinski definition) is 2. The van der Waals surface area contributed by atoms with Gasteiger partial charge < -0.3 is 10.1 Å². The van der Waals surface area contributed by atoms with Crippen LogP contribution in [-0.4, -0.2) is 37.2 Å². The molecule has 0 aliphatic rings. The molecule has 0 saturated carbocycles. The maximum absolute atomic E-state index is 11.8. The highest BCUT2D eigenvalue weighted by Crippen LogP contribution is 2.21. The molecule has 0 aliphatic carbocycles. The molecular formula is C12H9Cl2F3N2O4. The molecule has 1 aromatic carbocycles. The summed E-state index contributed by atoms with van der Waals surface area (Å²) in [6.07, 6.45) is -4.61. The lowest BCUT2D eigenvalue weighted by Gasteiger charge is -2.09. The van der Waals surface area contributed by atoms with E-state index in [4.69, 9.17) is 23.2 Å². The number of amides is 3. The van der Waals surface area contributed by atoms with Crippen molar-refractivity contribution < 1.29 is 32.3 Å². The van der Waals surface area contributed by atoms with Gasteiger partial charge in [0.15, 0.2) is 6.61 Å². The number of carbonyl (C=O) groups excluding carboxylic acids is 3. The number of ether oxygens (including phenoxy) is 1. The predicted molar refractivity (Wildman–Crippen MR) is 74.3 cm³/mol. The monoisotopic (exact) mass is 372 g/mol. The molecule has 0 aliphatic heterocycles. The zero-order chi connectivity index (χ0) is 17.6. The lowest BCUT2D eigenvalue weighted by Crippen LogP contribution is -2.44. The molecule has 0 bridgehead atoms. The molecule has 0 atom stereocenters. The highest BCUT2D eigenvalue weighted by molar-refractivity contribution is 6.36. The number of esters is 1. The first-order valence-corrected chi connectivity index (χ1v) is 6.60. The molecule has 0 heterocycles. The van der Waals surface area contributed by atoms with Crippen LogP contribution in [0, 0.1) is 0 Å². The highest BCUT2D eigenvalue weighted by atomic mass is 35.5. The van der Waals surface area contributed by atoms with Gasteiger partial charge in [-0.15, -0.1) is 0 Å². The van der Waals surface area contributed by atoms with Crippen molar-refractivity contribution in [2.75, 3.05) is 13.2 Å². The summed E-state index contributed by atoms with van der Waals surface area (Å²) in [7, 11) is 0. The van der Waals surface area contributed by atoms with Crippen LogP contribution in [0.25, 0.3) is 0 Å². The van der Waals surface area contributed by atoms with E-state index in [1.54, 1.807) is 5.32 Å². The molecule has 23 heavy (non-hydrogen) atoms. The molecule has 0 aromatic heterocycles. The van der Waals surface area contributed by atoms with E-state index in [2.05, 4.69) is 4.74 Å². The van der Waals surface area contributed by atoms with Crippen molar-refractivity contribution in [1.82, 2.24) is 10.6 Å². The summed E-state index contributed by atoms with van der Waals surface area (Å²) in [4.78, 5) is 33.9. The van der Waals surface area contributed by atoms with Gasteiger partial charge in [0, 0.05) is 5.02 Å². The predicted octanol–water partition coefficient (Wildman–Crippen LogP) is 2.54. The number of alkyl halides is 3. The number of hydrogen-bond acceptors (Lipinski definition) is 4. The van der Waals surface area contributed by atoms with Gasteiger partial charge in [-0.1, -0.05) is 23.2 Å². The molecule has 0 spiro atoms. The van der Waals surface area contributed by atoms with E-state index in [-0.39, 0.29) is 15.6 Å². The maximum Gasteiger partial charge on any atom is 0.405 e. The number of urea groups is 1. The van der Waals surface area contributed by atoms with Crippen molar-refractivity contribution >= 4 is 41.1 Å². The third kappa shape index (κ3) is 7.20. The smallest absolute Gasteiger partial charge is 0.405 e. The second kappa shape index (κ2) is 8.02. The summed E-state index contributed by atoms with van der Waals surface area (Å²) in [5.41, 5.74) is -0.0645. The quantitative estimate of drug-likeness (QED) is 0.795. The van der Waals surface area contributed by atoms with Crippen LogP contribution in [0.5, 0.6) is 0 Å². The summed E-state index contributed by atoms with van der Waals surface area (Å²) < 4.78 is 40.1. The van der Waals surface area contributed by atoms with Crippen molar-refractivity contribution in [1.29, 1.82) is 0 Å². The first-order valence-electron chi connectivity index (χ1n) is 5.85. The summed E-state index contributed by atoms with van der Waals surface area (Å²) in [5.74, 6) is -2.07. The Morgan fingerprint density at radius 3 is 2.39 bits per heavy atom. The van der Waals surface area contributed by atoms with Crippen molar-refractivity contribution in [3.63, 3.8) is 0 Å². The largest absolute Gasteiger partial charge is 0.452 e. The van der Waals surface area contributed by atoms with Crippen molar-refractivity contribution in [2.24, 2.45) is 0 Å². The van der Waals surface area contributed by atoms with Crippen LogP contribution in [0.2, 0.25) is 10.0 Å². The molecule has 126 valence electrons. The first-order chi connectivity index (χ1) is 10.6. The van der Waals surface area contributed by atoms with E-state index in [1.165, 1.54) is 23.5 Å². The van der Waals surface area contributed by atoms with Gasteiger partial charge in [0.1, 0.15) is 6.54 Å². The summed E-state index contributed by atoms with van der Waals surface area (Å²) in [6, 6.07) is 2.55. The molecule has 2 N–H and O–H groups in total. The summed E-state index contributed by atoms with van der Waals surface area (Å²) in [6.45, 7) is -2.48. The Bertz CT molecular complexity index is 623. The highest BCUT2D eigenvalue weighted by Gasteiger charge is 2.28. The lowest BCUT2D eigenvalue weighted by atomic mass is 10.2. The van der Waals surface area contributed by atoms with Gasteiger partial charge in [-0.2, -0.15) is 13.2 Å². The minimum atomic E-state index is -4.61. The zero-order valence-corrected chi connectivity index (χ0v) is 12.7. The Hall–Kier alpha value is -2.00. The van der Waals surface area contributed by atoms with Crippen LogP contribution in [0.3, 0.4) is 0 Å². The fraction of sp³-hybridized carbons (Fsp3) is 0.250. The molecule has 0 fully saturated rings. The molecule has 1 aromatic rings. The zero-order valence-electron chi connectivity index (χ0n) is 11.2. The van der Waals surface area contributed by atoms with E-state index in [0.717, 1.165) is 0 Å². The number of imide groups is 1.